The molecule has 0 saturated heterocycles. The predicted octanol–water partition coefficient (Wildman–Crippen LogP) is 3.88. The molecule has 8 heteroatoms. The molecule has 1 aromatic rings. The highest BCUT2D eigenvalue weighted by atomic mass is 127. The second-order valence-corrected chi connectivity index (χ2v) is 4.45. The van der Waals surface area contributed by atoms with E-state index in [9.17, 15) is 13.2 Å². The third kappa shape index (κ3) is 4.28. The molecule has 1 aromatic heterocycles. The molecule has 1 rings (SSSR count). The third-order valence-electron chi connectivity index (χ3n) is 1.45. The van der Waals surface area contributed by atoms with Crippen molar-refractivity contribution >= 4 is 45.8 Å². The van der Waals surface area contributed by atoms with Crippen LogP contribution in [0.25, 0.3) is 0 Å². The molecular weight excluding hydrogens is 367 g/mol. The minimum atomic E-state index is -4.23. The quantitative estimate of drug-likeness (QED) is 0.583. The van der Waals surface area contributed by atoms with Gasteiger partial charge in [-0.2, -0.15) is 13.2 Å². The number of nitrogens with zero attached hydrogens (tertiary/aromatic N) is 2. The molecule has 0 aliphatic carbocycles. The van der Waals surface area contributed by atoms with Gasteiger partial charge in [0.05, 0.1) is 9.99 Å². The molecule has 0 aliphatic heterocycles. The van der Waals surface area contributed by atoms with Crippen LogP contribution < -0.4 is 0 Å². The molecular formula is C7H4Cl2F3IN2. The first-order chi connectivity index (χ1) is 6.79. The normalized spacial score (nSPS) is 11.9. The number of aromatic nitrogens is 2. The van der Waals surface area contributed by atoms with Crippen LogP contribution in [0.15, 0.2) is 0 Å². The molecule has 84 valence electrons. The molecule has 15 heavy (non-hydrogen) atoms. The van der Waals surface area contributed by atoms with Crippen LogP contribution in [0.1, 0.15) is 12.2 Å². The van der Waals surface area contributed by atoms with Gasteiger partial charge in [-0.25, -0.2) is 9.97 Å². The van der Waals surface area contributed by atoms with Gasteiger partial charge in [-0.1, -0.05) is 23.2 Å². The Hall–Kier alpha value is 0.180. The van der Waals surface area contributed by atoms with Crippen molar-refractivity contribution in [3.63, 3.8) is 0 Å². The van der Waals surface area contributed by atoms with Crippen LogP contribution >= 0.6 is 45.8 Å². The van der Waals surface area contributed by atoms with E-state index in [-0.39, 0.29) is 22.6 Å². The summed E-state index contributed by atoms with van der Waals surface area (Å²) in [6.45, 7) is 0. The van der Waals surface area contributed by atoms with Gasteiger partial charge in [0.25, 0.3) is 0 Å². The zero-order valence-corrected chi connectivity index (χ0v) is 10.7. The van der Waals surface area contributed by atoms with Gasteiger partial charge in [0.2, 0.25) is 0 Å². The second kappa shape index (κ2) is 5.01. The number of rotatable bonds is 2. The summed E-state index contributed by atoms with van der Waals surface area (Å²) < 4.78 is 36.1. The van der Waals surface area contributed by atoms with Crippen LogP contribution in [0.2, 0.25) is 10.3 Å². The lowest BCUT2D eigenvalue weighted by Gasteiger charge is -2.06. The van der Waals surface area contributed by atoms with Gasteiger partial charge < -0.3 is 0 Å². The molecule has 0 atom stereocenters. The van der Waals surface area contributed by atoms with E-state index in [1.807, 2.05) is 22.6 Å². The number of hydrogen-bond acceptors (Lipinski definition) is 2. The lowest BCUT2D eigenvalue weighted by atomic mass is 10.3. The SMILES string of the molecule is FC(F)(F)CCc1nc(Cl)c(I)c(Cl)n1. The lowest BCUT2D eigenvalue weighted by Crippen LogP contribution is -2.10. The fourth-order valence-corrected chi connectivity index (χ4v) is 1.46. The Kier molecular flexibility index (Phi) is 4.42. The lowest BCUT2D eigenvalue weighted by molar-refractivity contribution is -0.134. The molecule has 0 fully saturated rings. The molecule has 0 amide bonds. The number of hydrogen-bond donors (Lipinski definition) is 0. The number of halogens is 6. The van der Waals surface area contributed by atoms with Crippen molar-refractivity contribution in [1.29, 1.82) is 0 Å². The van der Waals surface area contributed by atoms with E-state index in [0.717, 1.165) is 0 Å². The highest BCUT2D eigenvalue weighted by molar-refractivity contribution is 14.1. The van der Waals surface area contributed by atoms with Crippen molar-refractivity contribution < 1.29 is 13.2 Å². The smallest absolute Gasteiger partial charge is 0.220 e. The van der Waals surface area contributed by atoms with E-state index in [1.54, 1.807) is 0 Å². The third-order valence-corrected chi connectivity index (χ3v) is 3.66. The minimum absolute atomic E-state index is 0.00254. The number of aryl methyl sites for hydroxylation is 1. The topological polar surface area (TPSA) is 25.8 Å². The minimum Gasteiger partial charge on any atom is -0.220 e. The summed E-state index contributed by atoms with van der Waals surface area (Å²) in [7, 11) is 0. The van der Waals surface area contributed by atoms with E-state index >= 15 is 0 Å². The van der Waals surface area contributed by atoms with Crippen LogP contribution in [-0.2, 0) is 6.42 Å². The van der Waals surface area contributed by atoms with E-state index < -0.39 is 12.6 Å². The highest BCUT2D eigenvalue weighted by Gasteiger charge is 2.27. The van der Waals surface area contributed by atoms with Crippen LogP contribution in [0, 0.1) is 3.57 Å². The van der Waals surface area contributed by atoms with Crippen LogP contribution in [0.4, 0.5) is 13.2 Å². The summed E-state index contributed by atoms with van der Waals surface area (Å²) in [5.41, 5.74) is 0. The molecule has 0 bridgehead atoms. The Labute approximate surface area is 107 Å². The van der Waals surface area contributed by atoms with Crippen molar-refractivity contribution in [1.82, 2.24) is 9.97 Å². The Morgan fingerprint density at radius 1 is 1.13 bits per heavy atom. The maximum absolute atomic E-state index is 11.9. The predicted molar refractivity (Wildman–Crippen MR) is 59.1 cm³/mol. The largest absolute Gasteiger partial charge is 0.389 e. The maximum Gasteiger partial charge on any atom is 0.389 e. The summed E-state index contributed by atoms with van der Waals surface area (Å²) in [4.78, 5) is 7.40. The highest BCUT2D eigenvalue weighted by Crippen LogP contribution is 2.25. The standard InChI is InChI=1S/C7H4Cl2F3IN2/c8-5-4(13)6(9)15-3(14-5)1-2-7(10,11)12/h1-2H2. The molecule has 0 N–H and O–H groups in total. The van der Waals surface area contributed by atoms with E-state index in [4.69, 9.17) is 23.2 Å². The van der Waals surface area contributed by atoms with Gasteiger partial charge in [0.15, 0.2) is 0 Å². The first kappa shape index (κ1) is 13.2. The molecule has 0 saturated carbocycles. The average molecular weight is 371 g/mol. The Morgan fingerprint density at radius 2 is 1.60 bits per heavy atom. The Morgan fingerprint density at radius 3 is 2.00 bits per heavy atom. The summed E-state index contributed by atoms with van der Waals surface area (Å²) in [5, 5.41) is 0.153. The van der Waals surface area contributed by atoms with E-state index in [0.29, 0.717) is 3.57 Å². The van der Waals surface area contributed by atoms with Crippen molar-refractivity contribution in [2.45, 2.75) is 19.0 Å². The fourth-order valence-electron chi connectivity index (χ4n) is 0.800. The number of alkyl halides is 3. The van der Waals surface area contributed by atoms with Gasteiger partial charge in [-0.3, -0.25) is 0 Å². The summed E-state index contributed by atoms with van der Waals surface area (Å²) in [5.74, 6) is 0.00254. The zero-order chi connectivity index (χ0) is 11.6. The van der Waals surface area contributed by atoms with Crippen molar-refractivity contribution in [3.8, 4) is 0 Å². The Bertz CT molecular complexity index is 347. The Balaban J connectivity index is 2.80. The van der Waals surface area contributed by atoms with Gasteiger partial charge in [-0.05, 0) is 22.6 Å². The fraction of sp³-hybridized carbons (Fsp3) is 0.429. The van der Waals surface area contributed by atoms with Gasteiger partial charge in [0, 0.05) is 6.42 Å². The maximum atomic E-state index is 11.9. The molecule has 0 aromatic carbocycles. The van der Waals surface area contributed by atoms with Gasteiger partial charge in [-0.15, -0.1) is 0 Å². The first-order valence-electron chi connectivity index (χ1n) is 3.74. The summed E-state index contributed by atoms with van der Waals surface area (Å²) >= 11 is 13.1. The second-order valence-electron chi connectivity index (χ2n) is 2.65. The van der Waals surface area contributed by atoms with Crippen molar-refractivity contribution in [2.24, 2.45) is 0 Å². The van der Waals surface area contributed by atoms with Crippen molar-refractivity contribution in [2.75, 3.05) is 0 Å². The monoisotopic (exact) mass is 370 g/mol. The molecule has 1 heterocycles. The molecule has 0 unspecified atom stereocenters. The summed E-state index contributed by atoms with van der Waals surface area (Å²) in [6, 6.07) is 0. The van der Waals surface area contributed by atoms with E-state index in [2.05, 4.69) is 9.97 Å². The molecule has 0 radical (unpaired) electrons. The van der Waals surface area contributed by atoms with Gasteiger partial charge in [0.1, 0.15) is 16.1 Å². The molecule has 0 aliphatic rings. The summed E-state index contributed by atoms with van der Waals surface area (Å²) in [6.07, 6.45) is -5.54. The molecule has 2 nitrogen and oxygen atoms in total. The molecule has 0 spiro atoms. The van der Waals surface area contributed by atoms with Gasteiger partial charge >= 0.3 is 6.18 Å². The zero-order valence-electron chi connectivity index (χ0n) is 7.08. The van der Waals surface area contributed by atoms with Crippen molar-refractivity contribution in [3.05, 3.63) is 19.7 Å². The van der Waals surface area contributed by atoms with E-state index in [1.165, 1.54) is 0 Å². The van der Waals surface area contributed by atoms with Crippen LogP contribution in [0.5, 0.6) is 0 Å². The first-order valence-corrected chi connectivity index (χ1v) is 5.57. The van der Waals surface area contributed by atoms with Crippen LogP contribution in [0.3, 0.4) is 0 Å². The average Bonchev–Trinajstić information content (AvgIpc) is 2.09. The van der Waals surface area contributed by atoms with Crippen LogP contribution in [-0.4, -0.2) is 16.1 Å².